The van der Waals surface area contributed by atoms with Crippen molar-refractivity contribution < 1.29 is 0 Å². The number of halogens is 1. The molecule has 5 rings (SSSR count). The molecule has 0 amide bonds. The number of rotatable bonds is 6. The second-order valence-electron chi connectivity index (χ2n) is 9.34. The van der Waals surface area contributed by atoms with Gasteiger partial charge in [-0.1, -0.05) is 67.4 Å². The first-order valence-corrected chi connectivity index (χ1v) is 12.5. The lowest BCUT2D eigenvalue weighted by Gasteiger charge is -2.31. The molecular weight excluding hydrogens is 468 g/mol. The van der Waals surface area contributed by atoms with E-state index in [-0.39, 0.29) is 5.56 Å². The fourth-order valence-corrected chi connectivity index (χ4v) is 5.17. The quantitative estimate of drug-likeness (QED) is 0.323. The first-order chi connectivity index (χ1) is 17.3. The van der Waals surface area contributed by atoms with E-state index in [0.29, 0.717) is 5.02 Å². The minimum absolute atomic E-state index is 0.0468. The molecule has 0 saturated carbocycles. The van der Waals surface area contributed by atoms with Gasteiger partial charge < -0.3 is 14.9 Å². The van der Waals surface area contributed by atoms with Gasteiger partial charge in [0.25, 0.3) is 5.56 Å². The predicted octanol–water partition coefficient (Wildman–Crippen LogP) is 5.80. The Morgan fingerprint density at radius 1 is 0.972 bits per heavy atom. The molecule has 0 bridgehead atoms. The number of benzene rings is 3. The molecule has 6 heteroatoms. The Balaban J connectivity index is 1.80. The van der Waals surface area contributed by atoms with Crippen molar-refractivity contribution in [2.24, 2.45) is 19.8 Å². The molecule has 0 aliphatic carbocycles. The third-order valence-electron chi connectivity index (χ3n) is 7.00. The van der Waals surface area contributed by atoms with Gasteiger partial charge in [0.2, 0.25) is 0 Å². The van der Waals surface area contributed by atoms with Gasteiger partial charge in [0.1, 0.15) is 5.54 Å². The van der Waals surface area contributed by atoms with Gasteiger partial charge in [0.15, 0.2) is 0 Å². The summed E-state index contributed by atoms with van der Waals surface area (Å²) in [7, 11) is 3.74. The largest absolute Gasteiger partial charge is 0.336 e. The van der Waals surface area contributed by atoms with Crippen LogP contribution in [-0.4, -0.2) is 14.1 Å². The monoisotopic (exact) mass is 496 g/mol. The van der Waals surface area contributed by atoms with E-state index >= 15 is 0 Å². The number of aromatic nitrogens is 3. The highest BCUT2D eigenvalue weighted by Gasteiger charge is 2.35. The average Bonchev–Trinajstić information content (AvgIpc) is 3.32. The molecule has 0 aliphatic rings. The fraction of sp³-hybridized carbons (Fsp3) is 0.200. The molecule has 5 aromatic rings. The number of nitrogens with zero attached hydrogens (tertiary/aromatic N) is 3. The van der Waals surface area contributed by atoms with E-state index in [2.05, 4.69) is 42.2 Å². The van der Waals surface area contributed by atoms with E-state index in [1.54, 1.807) is 30.2 Å². The van der Waals surface area contributed by atoms with Gasteiger partial charge in [-0.05, 0) is 58.5 Å². The standard InChI is InChI=1S/C30H29ClN4O/c1-4-6-20-7-5-8-21(15-20)25-17-29(36)35(3)27-14-11-23(16-26(25)27)30(32,28-18-33-19-34(28)2)22-9-12-24(31)13-10-22/h5,7-19H,4,6,32H2,1-3H3. The van der Waals surface area contributed by atoms with E-state index in [9.17, 15) is 4.79 Å². The molecule has 0 spiro atoms. The van der Waals surface area contributed by atoms with Gasteiger partial charge in [0, 0.05) is 30.6 Å². The van der Waals surface area contributed by atoms with Crippen LogP contribution in [0.4, 0.5) is 0 Å². The smallest absolute Gasteiger partial charge is 0.251 e. The van der Waals surface area contributed by atoms with Gasteiger partial charge >= 0.3 is 0 Å². The summed E-state index contributed by atoms with van der Waals surface area (Å²) in [6, 6.07) is 23.9. The van der Waals surface area contributed by atoms with Gasteiger partial charge in [-0.2, -0.15) is 0 Å². The predicted molar refractivity (Wildman–Crippen MR) is 147 cm³/mol. The maximum atomic E-state index is 12.9. The van der Waals surface area contributed by atoms with E-state index in [4.69, 9.17) is 17.3 Å². The second kappa shape index (κ2) is 9.41. The van der Waals surface area contributed by atoms with Gasteiger partial charge in [0.05, 0.1) is 23.7 Å². The Bertz CT molecular complexity index is 1620. The zero-order chi connectivity index (χ0) is 25.4. The highest BCUT2D eigenvalue weighted by Crippen LogP contribution is 2.37. The van der Waals surface area contributed by atoms with Crippen molar-refractivity contribution >= 4 is 22.5 Å². The molecule has 0 radical (unpaired) electrons. The molecule has 1 unspecified atom stereocenters. The van der Waals surface area contributed by atoms with Crippen LogP contribution in [0.1, 0.15) is 35.7 Å². The van der Waals surface area contributed by atoms with E-state index in [1.807, 2.05) is 48.0 Å². The number of hydrogen-bond acceptors (Lipinski definition) is 3. The number of pyridine rings is 1. The van der Waals surface area contributed by atoms with Crippen molar-refractivity contribution in [3.63, 3.8) is 0 Å². The number of imidazole rings is 1. The van der Waals surface area contributed by atoms with Crippen LogP contribution in [0.3, 0.4) is 0 Å². The van der Waals surface area contributed by atoms with E-state index < -0.39 is 5.54 Å². The molecule has 5 nitrogen and oxygen atoms in total. The van der Waals surface area contributed by atoms with Crippen molar-refractivity contribution in [1.29, 1.82) is 0 Å². The van der Waals surface area contributed by atoms with Crippen molar-refractivity contribution in [3.8, 4) is 11.1 Å². The topological polar surface area (TPSA) is 65.8 Å². The Morgan fingerprint density at radius 2 is 1.72 bits per heavy atom. The maximum Gasteiger partial charge on any atom is 0.251 e. The number of fused-ring (bicyclic) bond motifs is 1. The minimum Gasteiger partial charge on any atom is -0.336 e. The SMILES string of the molecule is CCCc1cccc(-c2cc(=O)n(C)c3ccc(C(N)(c4ccc(Cl)cc4)c4cncn4C)cc23)c1. The first kappa shape index (κ1) is 24.0. The third kappa shape index (κ3) is 4.04. The summed E-state index contributed by atoms with van der Waals surface area (Å²) in [6.45, 7) is 2.17. The Labute approximate surface area is 215 Å². The number of nitrogens with two attached hydrogens (primary N) is 1. The minimum atomic E-state index is -0.986. The average molecular weight is 497 g/mol. The van der Waals surface area contributed by atoms with Crippen LogP contribution >= 0.6 is 11.6 Å². The van der Waals surface area contributed by atoms with Crippen LogP contribution in [0.5, 0.6) is 0 Å². The second-order valence-corrected chi connectivity index (χ2v) is 9.78. The summed E-state index contributed by atoms with van der Waals surface area (Å²) < 4.78 is 3.62. The lowest BCUT2D eigenvalue weighted by atomic mass is 9.80. The molecule has 36 heavy (non-hydrogen) atoms. The highest BCUT2D eigenvalue weighted by atomic mass is 35.5. The lowest BCUT2D eigenvalue weighted by molar-refractivity contribution is 0.596. The van der Waals surface area contributed by atoms with Crippen LogP contribution in [0.25, 0.3) is 22.0 Å². The summed E-state index contributed by atoms with van der Waals surface area (Å²) in [4.78, 5) is 17.3. The molecule has 2 N–H and O–H groups in total. The number of aryl methyl sites for hydroxylation is 3. The molecule has 2 heterocycles. The van der Waals surface area contributed by atoms with Gasteiger partial charge in [-0.3, -0.25) is 4.79 Å². The molecule has 182 valence electrons. The molecule has 3 aromatic carbocycles. The van der Waals surface area contributed by atoms with Gasteiger partial charge in [-0.25, -0.2) is 4.98 Å². The van der Waals surface area contributed by atoms with Crippen LogP contribution in [0, 0.1) is 0 Å². The molecular formula is C30H29ClN4O. The van der Waals surface area contributed by atoms with Crippen molar-refractivity contribution in [1.82, 2.24) is 14.1 Å². The van der Waals surface area contributed by atoms with E-state index in [1.165, 1.54) is 5.56 Å². The summed E-state index contributed by atoms with van der Waals surface area (Å²) in [5, 5.41) is 1.61. The van der Waals surface area contributed by atoms with Crippen molar-refractivity contribution in [3.05, 3.63) is 123 Å². The van der Waals surface area contributed by atoms with Gasteiger partial charge in [-0.15, -0.1) is 0 Å². The summed E-state index contributed by atoms with van der Waals surface area (Å²) in [5.41, 5.74) is 12.9. The lowest BCUT2D eigenvalue weighted by Crippen LogP contribution is -2.41. The van der Waals surface area contributed by atoms with Crippen LogP contribution in [0.15, 0.2) is 90.1 Å². The van der Waals surface area contributed by atoms with Crippen LogP contribution < -0.4 is 11.3 Å². The zero-order valence-corrected chi connectivity index (χ0v) is 21.5. The third-order valence-corrected chi connectivity index (χ3v) is 7.25. The Kier molecular flexibility index (Phi) is 6.29. The van der Waals surface area contributed by atoms with Crippen LogP contribution in [-0.2, 0) is 26.1 Å². The van der Waals surface area contributed by atoms with Crippen molar-refractivity contribution in [2.45, 2.75) is 25.3 Å². The highest BCUT2D eigenvalue weighted by molar-refractivity contribution is 6.30. The summed E-state index contributed by atoms with van der Waals surface area (Å²) >= 11 is 6.21. The molecule has 0 fully saturated rings. The molecule has 1 atom stereocenters. The first-order valence-electron chi connectivity index (χ1n) is 12.1. The molecule has 0 saturated heterocycles. The fourth-order valence-electron chi connectivity index (χ4n) is 5.04. The summed E-state index contributed by atoms with van der Waals surface area (Å²) in [6.07, 6.45) is 5.61. The normalized spacial score (nSPS) is 13.1. The zero-order valence-electron chi connectivity index (χ0n) is 20.7. The van der Waals surface area contributed by atoms with Crippen LogP contribution in [0.2, 0.25) is 5.02 Å². The Morgan fingerprint density at radius 3 is 2.42 bits per heavy atom. The summed E-state index contributed by atoms with van der Waals surface area (Å²) in [5.74, 6) is 0. The number of hydrogen-bond donors (Lipinski definition) is 1. The Hall–Kier alpha value is -3.67. The molecule has 2 aromatic heterocycles. The van der Waals surface area contributed by atoms with E-state index in [0.717, 1.165) is 51.7 Å². The maximum absolute atomic E-state index is 12.9. The molecule has 0 aliphatic heterocycles. The van der Waals surface area contributed by atoms with Crippen molar-refractivity contribution in [2.75, 3.05) is 0 Å².